The first-order valence-electron chi connectivity index (χ1n) is 6.43. The molecule has 0 unspecified atom stereocenters. The molecule has 1 N–H and O–H groups in total. The zero-order valence-electron chi connectivity index (χ0n) is 11.4. The SMILES string of the molecule is CCCCCN(C)c1c(F)cc(CNC)cc1F. The van der Waals surface area contributed by atoms with Gasteiger partial charge in [0, 0.05) is 20.1 Å². The summed E-state index contributed by atoms with van der Waals surface area (Å²) in [5.41, 5.74) is 0.698. The molecule has 1 aromatic rings. The Morgan fingerprint density at radius 2 is 1.78 bits per heavy atom. The average molecular weight is 256 g/mol. The molecule has 1 aromatic carbocycles. The summed E-state index contributed by atoms with van der Waals surface area (Å²) in [6.07, 6.45) is 3.12. The molecule has 0 radical (unpaired) electrons. The molecule has 0 amide bonds. The van der Waals surface area contributed by atoms with Gasteiger partial charge in [-0.15, -0.1) is 0 Å². The second-order valence-electron chi connectivity index (χ2n) is 4.57. The van der Waals surface area contributed by atoms with Crippen molar-refractivity contribution in [2.75, 3.05) is 25.5 Å². The molecule has 0 saturated heterocycles. The lowest BCUT2D eigenvalue weighted by atomic mass is 10.1. The minimum atomic E-state index is -0.487. The van der Waals surface area contributed by atoms with Gasteiger partial charge in [0.05, 0.1) is 0 Å². The summed E-state index contributed by atoms with van der Waals surface area (Å²) in [5.74, 6) is -0.974. The van der Waals surface area contributed by atoms with E-state index in [2.05, 4.69) is 12.2 Å². The van der Waals surface area contributed by atoms with Crippen LogP contribution in [0.5, 0.6) is 0 Å². The molecule has 0 saturated carbocycles. The van der Waals surface area contributed by atoms with Crippen LogP contribution >= 0.6 is 0 Å². The summed E-state index contributed by atoms with van der Waals surface area (Å²) in [5, 5.41) is 2.88. The van der Waals surface area contributed by atoms with Crippen LogP contribution in [0.3, 0.4) is 0 Å². The quantitative estimate of drug-likeness (QED) is 0.753. The summed E-state index contributed by atoms with van der Waals surface area (Å²) in [4.78, 5) is 1.66. The fraction of sp³-hybridized carbons (Fsp3) is 0.571. The predicted octanol–water partition coefficient (Wildman–Crippen LogP) is 3.31. The van der Waals surface area contributed by atoms with E-state index in [1.807, 2.05) is 0 Å². The Morgan fingerprint density at radius 3 is 2.28 bits per heavy atom. The van der Waals surface area contributed by atoms with E-state index in [-0.39, 0.29) is 5.69 Å². The standard InChI is InChI=1S/C14H22F2N2/c1-4-5-6-7-18(3)14-12(15)8-11(10-17-2)9-13(14)16/h8-9,17H,4-7,10H2,1-3H3. The topological polar surface area (TPSA) is 15.3 Å². The Bertz CT molecular complexity index is 357. The molecular weight excluding hydrogens is 234 g/mol. The fourth-order valence-corrected chi connectivity index (χ4v) is 2.00. The van der Waals surface area contributed by atoms with Crippen molar-refractivity contribution < 1.29 is 8.78 Å². The highest BCUT2D eigenvalue weighted by Gasteiger charge is 2.14. The molecule has 0 atom stereocenters. The van der Waals surface area contributed by atoms with Crippen LogP contribution in [0.4, 0.5) is 14.5 Å². The van der Waals surface area contributed by atoms with Crippen LogP contribution in [0.1, 0.15) is 31.7 Å². The van der Waals surface area contributed by atoms with Gasteiger partial charge in [-0.3, -0.25) is 0 Å². The maximum absolute atomic E-state index is 13.9. The van der Waals surface area contributed by atoms with Crippen molar-refractivity contribution in [3.05, 3.63) is 29.3 Å². The zero-order chi connectivity index (χ0) is 13.5. The number of hydrogen-bond donors (Lipinski definition) is 1. The summed E-state index contributed by atoms with van der Waals surface area (Å²) in [7, 11) is 3.48. The van der Waals surface area contributed by atoms with Gasteiger partial charge in [-0.2, -0.15) is 0 Å². The lowest BCUT2D eigenvalue weighted by Crippen LogP contribution is -2.21. The van der Waals surface area contributed by atoms with Crippen molar-refractivity contribution in [1.82, 2.24) is 5.32 Å². The molecule has 1 rings (SSSR count). The van der Waals surface area contributed by atoms with Crippen LogP contribution in [-0.4, -0.2) is 20.6 Å². The first kappa shape index (κ1) is 14.9. The van der Waals surface area contributed by atoms with Crippen LogP contribution in [0, 0.1) is 11.6 Å². The number of halogens is 2. The third-order valence-electron chi connectivity index (χ3n) is 2.94. The van der Waals surface area contributed by atoms with E-state index < -0.39 is 11.6 Å². The monoisotopic (exact) mass is 256 g/mol. The lowest BCUT2D eigenvalue weighted by Gasteiger charge is -2.21. The molecule has 4 heteroatoms. The van der Waals surface area contributed by atoms with Crippen molar-refractivity contribution in [3.8, 4) is 0 Å². The molecule has 0 aromatic heterocycles. The molecule has 0 fully saturated rings. The molecule has 102 valence electrons. The number of anilines is 1. The average Bonchev–Trinajstić information content (AvgIpc) is 2.28. The van der Waals surface area contributed by atoms with E-state index >= 15 is 0 Å². The number of nitrogens with zero attached hydrogens (tertiary/aromatic N) is 1. The van der Waals surface area contributed by atoms with Crippen molar-refractivity contribution >= 4 is 5.69 Å². The predicted molar refractivity (Wildman–Crippen MR) is 71.9 cm³/mol. The minimum absolute atomic E-state index is 0.0750. The molecule has 0 spiro atoms. The molecule has 2 nitrogen and oxygen atoms in total. The summed E-state index contributed by atoms with van der Waals surface area (Å²) >= 11 is 0. The van der Waals surface area contributed by atoms with Gasteiger partial charge in [0.1, 0.15) is 17.3 Å². The summed E-state index contributed by atoms with van der Waals surface area (Å²) < 4.78 is 27.8. The van der Waals surface area contributed by atoms with Crippen LogP contribution in [0.25, 0.3) is 0 Å². The molecule has 18 heavy (non-hydrogen) atoms. The number of benzene rings is 1. The van der Waals surface area contributed by atoms with E-state index in [0.717, 1.165) is 19.3 Å². The van der Waals surface area contributed by atoms with E-state index in [0.29, 0.717) is 18.7 Å². The second kappa shape index (κ2) is 7.31. The van der Waals surface area contributed by atoms with Gasteiger partial charge in [-0.1, -0.05) is 19.8 Å². The van der Waals surface area contributed by atoms with Crippen molar-refractivity contribution in [3.63, 3.8) is 0 Å². The fourth-order valence-electron chi connectivity index (χ4n) is 2.00. The largest absolute Gasteiger partial charge is 0.370 e. The molecule has 0 aliphatic heterocycles. The zero-order valence-corrected chi connectivity index (χ0v) is 11.4. The second-order valence-corrected chi connectivity index (χ2v) is 4.57. The van der Waals surface area contributed by atoms with E-state index in [4.69, 9.17) is 0 Å². The van der Waals surface area contributed by atoms with Gasteiger partial charge < -0.3 is 10.2 Å². The highest BCUT2D eigenvalue weighted by Crippen LogP contribution is 2.24. The van der Waals surface area contributed by atoms with E-state index in [1.54, 1.807) is 19.0 Å². The maximum atomic E-state index is 13.9. The van der Waals surface area contributed by atoms with Crippen LogP contribution in [0.2, 0.25) is 0 Å². The van der Waals surface area contributed by atoms with Crippen LogP contribution in [0.15, 0.2) is 12.1 Å². The van der Waals surface area contributed by atoms with Gasteiger partial charge in [0.25, 0.3) is 0 Å². The Morgan fingerprint density at radius 1 is 1.17 bits per heavy atom. The third-order valence-corrected chi connectivity index (χ3v) is 2.94. The minimum Gasteiger partial charge on any atom is -0.370 e. The molecule has 0 aliphatic rings. The van der Waals surface area contributed by atoms with Gasteiger partial charge in [-0.25, -0.2) is 8.78 Å². The maximum Gasteiger partial charge on any atom is 0.149 e. The lowest BCUT2D eigenvalue weighted by molar-refractivity contribution is 0.568. The number of unbranched alkanes of at least 4 members (excludes halogenated alkanes) is 2. The number of rotatable bonds is 7. The Balaban J connectivity index is 2.81. The smallest absolute Gasteiger partial charge is 0.149 e. The Hall–Kier alpha value is -1.16. The van der Waals surface area contributed by atoms with E-state index in [1.165, 1.54) is 12.1 Å². The van der Waals surface area contributed by atoms with Crippen molar-refractivity contribution in [2.45, 2.75) is 32.7 Å². The Labute approximate surface area is 108 Å². The first-order valence-corrected chi connectivity index (χ1v) is 6.43. The van der Waals surface area contributed by atoms with Crippen molar-refractivity contribution in [1.29, 1.82) is 0 Å². The normalized spacial score (nSPS) is 10.7. The first-order chi connectivity index (χ1) is 8.60. The van der Waals surface area contributed by atoms with Crippen LogP contribution in [-0.2, 0) is 6.54 Å². The molecule has 0 aliphatic carbocycles. The van der Waals surface area contributed by atoms with Gasteiger partial charge >= 0.3 is 0 Å². The Kier molecular flexibility index (Phi) is 6.05. The number of hydrogen-bond acceptors (Lipinski definition) is 2. The summed E-state index contributed by atoms with van der Waals surface area (Å²) in [6.45, 7) is 3.24. The van der Waals surface area contributed by atoms with Gasteiger partial charge in [-0.05, 0) is 31.2 Å². The highest BCUT2D eigenvalue weighted by molar-refractivity contribution is 5.50. The third kappa shape index (κ3) is 3.95. The van der Waals surface area contributed by atoms with Gasteiger partial charge in [0.15, 0.2) is 0 Å². The van der Waals surface area contributed by atoms with Gasteiger partial charge in [0.2, 0.25) is 0 Å². The molecule has 0 bridgehead atoms. The van der Waals surface area contributed by atoms with Crippen LogP contribution < -0.4 is 10.2 Å². The number of nitrogens with one attached hydrogen (secondary N) is 1. The van der Waals surface area contributed by atoms with Crippen molar-refractivity contribution in [2.24, 2.45) is 0 Å². The molecule has 0 heterocycles. The van der Waals surface area contributed by atoms with E-state index in [9.17, 15) is 8.78 Å². The summed E-state index contributed by atoms with van der Waals surface area (Å²) in [6, 6.07) is 2.79. The highest BCUT2D eigenvalue weighted by atomic mass is 19.1. The molecular formula is C14H22F2N2.